The quantitative estimate of drug-likeness (QED) is 0.222. The minimum absolute atomic E-state index is 0. The zero-order chi connectivity index (χ0) is 19.2. The summed E-state index contributed by atoms with van der Waals surface area (Å²) in [6.07, 6.45) is 17.9. The summed E-state index contributed by atoms with van der Waals surface area (Å²) in [6, 6.07) is 0. The van der Waals surface area contributed by atoms with E-state index in [0.717, 1.165) is 13.0 Å². The Morgan fingerprint density at radius 1 is 0.731 bits per heavy atom. The van der Waals surface area contributed by atoms with E-state index in [4.69, 9.17) is 10.2 Å². The zero-order valence-corrected chi connectivity index (χ0v) is 16.3. The van der Waals surface area contributed by atoms with E-state index < -0.39 is 11.9 Å². The molecule has 6 heteroatoms. The predicted molar refractivity (Wildman–Crippen MR) is 112 cm³/mol. The Morgan fingerprint density at radius 3 is 1.46 bits per heavy atom. The van der Waals surface area contributed by atoms with E-state index >= 15 is 0 Å². The Kier molecular flexibility index (Phi) is 31.3. The van der Waals surface area contributed by atoms with Crippen LogP contribution in [0.1, 0.15) is 104 Å². The second-order valence-electron chi connectivity index (χ2n) is 6.32. The van der Waals surface area contributed by atoms with Crippen molar-refractivity contribution in [2.24, 2.45) is 4.99 Å². The van der Waals surface area contributed by atoms with Crippen LogP contribution in [0.4, 0.5) is 0 Å². The van der Waals surface area contributed by atoms with Crippen LogP contribution in [0.15, 0.2) is 4.99 Å². The average molecular weight is 382 g/mol. The van der Waals surface area contributed by atoms with E-state index in [-0.39, 0.29) is 42.4 Å². The van der Waals surface area contributed by atoms with Gasteiger partial charge in [-0.25, -0.2) is 0 Å². The van der Waals surface area contributed by atoms with Gasteiger partial charge in [0.2, 0.25) is 0 Å². The maximum absolute atomic E-state index is 10.2. The molecule has 0 saturated heterocycles. The van der Waals surface area contributed by atoms with Crippen molar-refractivity contribution in [2.75, 3.05) is 6.54 Å². The first-order valence-electron chi connectivity index (χ1n) is 9.96. The Hall–Kier alpha value is -0.390. The van der Waals surface area contributed by atoms with Gasteiger partial charge in [-0.2, -0.15) is 0 Å². The molecule has 0 aliphatic rings. The van der Waals surface area contributed by atoms with Crippen molar-refractivity contribution in [2.45, 2.75) is 104 Å². The molecule has 0 aliphatic heterocycles. The number of rotatable bonds is 16. The molecule has 0 atom stereocenters. The molecule has 0 unspecified atom stereocenters. The van der Waals surface area contributed by atoms with Gasteiger partial charge in [-0.1, -0.05) is 84.5 Å². The number of carboxylic acids is 2. The van der Waals surface area contributed by atoms with E-state index in [1.54, 1.807) is 6.92 Å². The number of hydrogen-bond donors (Lipinski definition) is 2. The van der Waals surface area contributed by atoms with Crippen LogP contribution < -0.4 is 0 Å². The van der Waals surface area contributed by atoms with Crippen LogP contribution in [-0.2, 0) is 9.59 Å². The summed E-state index contributed by atoms with van der Waals surface area (Å²) in [5, 5.41) is 16.1. The molecule has 150 valence electrons. The van der Waals surface area contributed by atoms with Gasteiger partial charge in [-0.05, 0) is 6.42 Å². The van der Waals surface area contributed by atoms with Gasteiger partial charge in [0.05, 0.1) is 6.42 Å². The number of nitrogens with zero attached hydrogens (tertiary/aromatic N) is 1. The summed E-state index contributed by atoms with van der Waals surface area (Å²) in [4.78, 5) is 23.7. The molecule has 0 saturated carbocycles. The molecule has 5 nitrogen and oxygen atoms in total. The minimum atomic E-state index is -0.802. The fraction of sp³-hybridized carbons (Fsp3) is 0.850. The van der Waals surface area contributed by atoms with Crippen molar-refractivity contribution < 1.29 is 19.8 Å². The number of aliphatic imine (C=N–C) groups is 1. The molecule has 0 bridgehead atoms. The molecule has 0 aromatic rings. The molecular weight excluding hydrogens is 341 g/mol. The Bertz CT molecular complexity index is 336. The molecule has 26 heavy (non-hydrogen) atoms. The summed E-state index contributed by atoms with van der Waals surface area (Å²) in [5.74, 6) is -1.55. The maximum atomic E-state index is 10.2. The summed E-state index contributed by atoms with van der Waals surface area (Å²) < 4.78 is 0. The first-order chi connectivity index (χ1) is 12.0. The van der Waals surface area contributed by atoms with Crippen LogP contribution >= 0.6 is 0 Å². The van der Waals surface area contributed by atoms with E-state index in [1.807, 2.05) is 0 Å². The first-order valence-corrected chi connectivity index (χ1v) is 9.96. The van der Waals surface area contributed by atoms with Crippen molar-refractivity contribution in [1.82, 2.24) is 0 Å². The number of aliphatic carboxylic acids is 2. The van der Waals surface area contributed by atoms with E-state index in [0.29, 0.717) is 0 Å². The molecule has 0 radical (unpaired) electrons. The number of carboxylic acid groups (broad SMARTS) is 2. The Balaban J connectivity index is -0.000000772. The van der Waals surface area contributed by atoms with Gasteiger partial charge in [0.1, 0.15) is 0 Å². The summed E-state index contributed by atoms with van der Waals surface area (Å²) >= 11 is 0. The molecule has 0 aromatic heterocycles. The van der Waals surface area contributed by atoms with Crippen molar-refractivity contribution in [3.63, 3.8) is 0 Å². The molecule has 0 spiro atoms. The van der Waals surface area contributed by atoms with Gasteiger partial charge in [-0.15, -0.1) is 0 Å². The zero-order valence-electron chi connectivity index (χ0n) is 16.3. The molecule has 0 aliphatic carbocycles. The number of carbonyl (C=O) groups is 2. The molecule has 0 amide bonds. The predicted octanol–water partition coefficient (Wildman–Crippen LogP) is 5.07. The van der Waals surface area contributed by atoms with Gasteiger partial charge in [0, 0.05) is 19.2 Å². The van der Waals surface area contributed by atoms with Gasteiger partial charge < -0.3 is 10.2 Å². The second-order valence-corrected chi connectivity index (χ2v) is 6.32. The fourth-order valence-electron chi connectivity index (χ4n) is 2.28. The van der Waals surface area contributed by atoms with Crippen LogP contribution in [0.5, 0.6) is 0 Å². The third-order valence-electron chi connectivity index (χ3n) is 3.84. The number of hydrogen-bond acceptors (Lipinski definition) is 3. The summed E-state index contributed by atoms with van der Waals surface area (Å²) in [5.41, 5.74) is 0. The molecule has 0 fully saturated rings. The first kappa shape index (κ1) is 30.3. The summed E-state index contributed by atoms with van der Waals surface area (Å²) in [7, 11) is 0. The van der Waals surface area contributed by atoms with Crippen molar-refractivity contribution in [3.8, 4) is 0 Å². The normalized spacial score (nSPS) is 10.1. The molecule has 0 aromatic carbocycles. The molecule has 0 rings (SSSR count). The average Bonchev–Trinajstić information content (AvgIpc) is 2.58. The van der Waals surface area contributed by atoms with E-state index in [2.05, 4.69) is 11.9 Å². The Labute approximate surface area is 182 Å². The molecular formula is C20H40NNaO4. The standard InChI is InChI=1S/C17H33NO2.C3H6O2.Na.H/c1-2-3-4-5-6-7-8-9-10-11-12-13-15-18-16-14-17(19)20;1-2-3(4)5;;/h16H,2-15H2,1H3,(H,19,20);2H2,1H3,(H,4,5);;. The summed E-state index contributed by atoms with van der Waals surface area (Å²) in [6.45, 7) is 4.64. The fourth-order valence-corrected chi connectivity index (χ4v) is 2.28. The third kappa shape index (κ3) is 34.9. The van der Waals surface area contributed by atoms with Crippen molar-refractivity contribution in [3.05, 3.63) is 0 Å². The van der Waals surface area contributed by atoms with Crippen LogP contribution in [0, 0.1) is 0 Å². The third-order valence-corrected chi connectivity index (χ3v) is 3.84. The van der Waals surface area contributed by atoms with E-state index in [1.165, 1.54) is 76.8 Å². The SMILES string of the molecule is CCC(=O)O.CCCCCCCCCCCCCCN=CCC(=O)O.[NaH]. The number of unbranched alkanes of at least 4 members (excludes halogenated alkanes) is 11. The van der Waals surface area contributed by atoms with Crippen LogP contribution in [0.3, 0.4) is 0 Å². The molecule has 0 heterocycles. The van der Waals surface area contributed by atoms with Crippen molar-refractivity contribution >= 4 is 47.7 Å². The monoisotopic (exact) mass is 381 g/mol. The second kappa shape index (κ2) is 26.8. The van der Waals surface area contributed by atoms with Crippen LogP contribution in [-0.4, -0.2) is 64.5 Å². The van der Waals surface area contributed by atoms with Crippen LogP contribution in [0.25, 0.3) is 0 Å². The van der Waals surface area contributed by atoms with Gasteiger partial charge >= 0.3 is 41.5 Å². The van der Waals surface area contributed by atoms with Gasteiger partial charge in [-0.3, -0.25) is 14.6 Å². The van der Waals surface area contributed by atoms with Gasteiger partial charge in [0.15, 0.2) is 0 Å². The van der Waals surface area contributed by atoms with Crippen LogP contribution in [0.2, 0.25) is 0 Å². The Morgan fingerprint density at radius 2 is 1.12 bits per heavy atom. The van der Waals surface area contributed by atoms with Crippen molar-refractivity contribution in [1.29, 1.82) is 0 Å². The van der Waals surface area contributed by atoms with E-state index in [9.17, 15) is 9.59 Å². The van der Waals surface area contributed by atoms with Gasteiger partial charge in [0.25, 0.3) is 0 Å². The topological polar surface area (TPSA) is 87.0 Å². The molecule has 2 N–H and O–H groups in total.